The van der Waals surface area contributed by atoms with Gasteiger partial charge in [-0.15, -0.1) is 0 Å². The average molecular weight is 239 g/mol. The Morgan fingerprint density at radius 1 is 1.62 bits per heavy atom. The molecule has 3 nitrogen and oxygen atoms in total. The Morgan fingerprint density at radius 2 is 2.38 bits per heavy atom. The first-order chi connectivity index (χ1) is 7.59. The van der Waals surface area contributed by atoms with Gasteiger partial charge < -0.3 is 4.90 Å². The molecule has 0 radical (unpaired) electrons. The molecule has 2 heterocycles. The van der Waals surface area contributed by atoms with Gasteiger partial charge in [0.2, 0.25) is 5.91 Å². The van der Waals surface area contributed by atoms with Crippen molar-refractivity contribution < 1.29 is 4.79 Å². The molecule has 16 heavy (non-hydrogen) atoms. The van der Waals surface area contributed by atoms with Crippen molar-refractivity contribution in [2.75, 3.05) is 6.54 Å². The van der Waals surface area contributed by atoms with Crippen molar-refractivity contribution in [1.29, 1.82) is 0 Å². The zero-order chi connectivity index (χ0) is 11.7. The van der Waals surface area contributed by atoms with Crippen LogP contribution < -0.4 is 0 Å². The minimum absolute atomic E-state index is 0.136. The van der Waals surface area contributed by atoms with E-state index in [4.69, 9.17) is 11.6 Å². The van der Waals surface area contributed by atoms with Crippen LogP contribution in [0.15, 0.2) is 12.3 Å². The highest BCUT2D eigenvalue weighted by molar-refractivity contribution is 6.29. The summed E-state index contributed by atoms with van der Waals surface area (Å²) in [5.41, 5.74) is 2.23. The van der Waals surface area contributed by atoms with E-state index >= 15 is 0 Å². The average Bonchev–Trinajstić information content (AvgIpc) is 2.66. The van der Waals surface area contributed by atoms with Crippen LogP contribution in [0.5, 0.6) is 0 Å². The minimum atomic E-state index is 0.136. The molecule has 1 aliphatic heterocycles. The van der Waals surface area contributed by atoms with Gasteiger partial charge in [0, 0.05) is 19.7 Å². The molecule has 4 heteroatoms. The van der Waals surface area contributed by atoms with Crippen LogP contribution in [-0.2, 0) is 4.79 Å². The minimum Gasteiger partial charge on any atom is -0.336 e. The molecule has 1 aromatic rings. The summed E-state index contributed by atoms with van der Waals surface area (Å²) >= 11 is 5.83. The van der Waals surface area contributed by atoms with Gasteiger partial charge in [-0.1, -0.05) is 11.6 Å². The largest absolute Gasteiger partial charge is 0.336 e. The van der Waals surface area contributed by atoms with Crippen molar-refractivity contribution in [2.24, 2.45) is 0 Å². The van der Waals surface area contributed by atoms with Crippen LogP contribution in [0.25, 0.3) is 0 Å². The number of nitrogens with zero attached hydrogens (tertiary/aromatic N) is 2. The molecule has 1 aliphatic rings. The van der Waals surface area contributed by atoms with Gasteiger partial charge in [0.25, 0.3) is 0 Å². The van der Waals surface area contributed by atoms with Crippen LogP contribution in [0.3, 0.4) is 0 Å². The number of carbonyl (C=O) groups is 1. The third kappa shape index (κ3) is 2.05. The fourth-order valence-corrected chi connectivity index (χ4v) is 2.56. The van der Waals surface area contributed by atoms with E-state index in [0.717, 1.165) is 30.5 Å². The van der Waals surface area contributed by atoms with Gasteiger partial charge in [0.15, 0.2) is 0 Å². The molecule has 0 aromatic carbocycles. The first-order valence-corrected chi connectivity index (χ1v) is 5.86. The predicted molar refractivity (Wildman–Crippen MR) is 63.3 cm³/mol. The highest BCUT2D eigenvalue weighted by atomic mass is 35.5. The van der Waals surface area contributed by atoms with Crippen LogP contribution in [0.2, 0.25) is 5.15 Å². The summed E-state index contributed by atoms with van der Waals surface area (Å²) in [5.74, 6) is 0.136. The van der Waals surface area contributed by atoms with Gasteiger partial charge in [-0.05, 0) is 37.0 Å². The molecule has 1 amide bonds. The van der Waals surface area contributed by atoms with Crippen LogP contribution >= 0.6 is 11.6 Å². The van der Waals surface area contributed by atoms with Gasteiger partial charge in [-0.2, -0.15) is 0 Å². The van der Waals surface area contributed by atoms with E-state index in [9.17, 15) is 4.79 Å². The van der Waals surface area contributed by atoms with Crippen LogP contribution in [0.1, 0.15) is 36.9 Å². The first-order valence-electron chi connectivity index (χ1n) is 5.49. The number of halogens is 1. The van der Waals surface area contributed by atoms with E-state index in [2.05, 4.69) is 4.98 Å². The van der Waals surface area contributed by atoms with Gasteiger partial charge in [0.05, 0.1) is 6.04 Å². The topological polar surface area (TPSA) is 33.2 Å². The third-order valence-corrected chi connectivity index (χ3v) is 3.34. The lowest BCUT2D eigenvalue weighted by molar-refractivity contribution is -0.129. The molecular weight excluding hydrogens is 224 g/mol. The summed E-state index contributed by atoms with van der Waals surface area (Å²) < 4.78 is 0. The number of hydrogen-bond donors (Lipinski definition) is 0. The number of carbonyl (C=O) groups excluding carboxylic acids is 1. The van der Waals surface area contributed by atoms with Gasteiger partial charge in [-0.3, -0.25) is 4.79 Å². The second-order valence-electron chi connectivity index (χ2n) is 4.23. The molecule has 2 rings (SSSR count). The lowest BCUT2D eigenvalue weighted by Gasteiger charge is -2.24. The SMILES string of the molecule is CC(=O)N1CCCC1c1cnc(Cl)cc1C. The molecule has 0 saturated carbocycles. The third-order valence-electron chi connectivity index (χ3n) is 3.13. The number of rotatable bonds is 1. The molecule has 0 bridgehead atoms. The molecule has 1 fully saturated rings. The fraction of sp³-hybridized carbons (Fsp3) is 0.500. The lowest BCUT2D eigenvalue weighted by atomic mass is 10.0. The summed E-state index contributed by atoms with van der Waals surface area (Å²) in [4.78, 5) is 17.5. The Morgan fingerprint density at radius 3 is 3.00 bits per heavy atom. The summed E-state index contributed by atoms with van der Waals surface area (Å²) in [6.07, 6.45) is 3.87. The predicted octanol–water partition coefficient (Wildman–Crippen LogP) is 2.73. The second-order valence-corrected chi connectivity index (χ2v) is 4.62. The monoisotopic (exact) mass is 238 g/mol. The summed E-state index contributed by atoms with van der Waals surface area (Å²) in [7, 11) is 0. The van der Waals surface area contributed by atoms with Gasteiger partial charge in [-0.25, -0.2) is 4.98 Å². The van der Waals surface area contributed by atoms with Crippen molar-refractivity contribution in [3.05, 3.63) is 28.5 Å². The van der Waals surface area contributed by atoms with E-state index in [0.29, 0.717) is 5.15 Å². The Hall–Kier alpha value is -1.09. The molecule has 0 aliphatic carbocycles. The first kappa shape index (κ1) is 11.4. The summed E-state index contributed by atoms with van der Waals surface area (Å²) in [6.45, 7) is 4.48. The number of pyridine rings is 1. The Kier molecular flexibility index (Phi) is 3.15. The molecule has 1 unspecified atom stereocenters. The number of amides is 1. The van der Waals surface area contributed by atoms with Gasteiger partial charge >= 0.3 is 0 Å². The van der Waals surface area contributed by atoms with Crippen molar-refractivity contribution in [1.82, 2.24) is 9.88 Å². The quantitative estimate of drug-likeness (QED) is 0.705. The Labute approximate surface area is 100 Å². The van der Waals surface area contributed by atoms with E-state index in [1.54, 1.807) is 13.1 Å². The zero-order valence-corrected chi connectivity index (χ0v) is 10.3. The van der Waals surface area contributed by atoms with Crippen LogP contribution in [0.4, 0.5) is 0 Å². The van der Waals surface area contributed by atoms with Gasteiger partial charge in [0.1, 0.15) is 5.15 Å². The van der Waals surface area contributed by atoms with Crippen LogP contribution in [0, 0.1) is 6.92 Å². The summed E-state index contributed by atoms with van der Waals surface area (Å²) in [5, 5.41) is 0.508. The number of aromatic nitrogens is 1. The number of aryl methyl sites for hydroxylation is 1. The fourth-order valence-electron chi connectivity index (χ4n) is 2.35. The maximum absolute atomic E-state index is 11.5. The maximum atomic E-state index is 11.5. The van der Waals surface area contributed by atoms with Crippen molar-refractivity contribution >= 4 is 17.5 Å². The molecule has 86 valence electrons. The van der Waals surface area contributed by atoms with Crippen LogP contribution in [-0.4, -0.2) is 22.3 Å². The maximum Gasteiger partial charge on any atom is 0.219 e. The summed E-state index contributed by atoms with van der Waals surface area (Å²) in [6, 6.07) is 2.04. The molecular formula is C12H15ClN2O. The zero-order valence-electron chi connectivity index (χ0n) is 9.53. The highest BCUT2D eigenvalue weighted by Gasteiger charge is 2.28. The molecule has 1 aromatic heterocycles. The number of likely N-dealkylation sites (tertiary alicyclic amines) is 1. The Bertz CT molecular complexity index is 419. The normalized spacial score (nSPS) is 20.2. The van der Waals surface area contributed by atoms with E-state index < -0.39 is 0 Å². The second kappa shape index (κ2) is 4.42. The van der Waals surface area contributed by atoms with Crippen molar-refractivity contribution in [3.8, 4) is 0 Å². The number of hydrogen-bond acceptors (Lipinski definition) is 2. The van der Waals surface area contributed by atoms with E-state index in [1.807, 2.05) is 17.9 Å². The van der Waals surface area contributed by atoms with Crippen molar-refractivity contribution in [2.45, 2.75) is 32.7 Å². The molecule has 0 spiro atoms. The van der Waals surface area contributed by atoms with E-state index in [1.165, 1.54) is 0 Å². The highest BCUT2D eigenvalue weighted by Crippen LogP contribution is 2.33. The standard InChI is InChI=1S/C12H15ClN2O/c1-8-6-12(13)14-7-10(8)11-4-3-5-15(11)9(2)16/h6-7,11H,3-5H2,1-2H3. The van der Waals surface area contributed by atoms with Crippen molar-refractivity contribution in [3.63, 3.8) is 0 Å². The Balaban J connectivity index is 2.32. The van der Waals surface area contributed by atoms with E-state index in [-0.39, 0.29) is 11.9 Å². The lowest BCUT2D eigenvalue weighted by Crippen LogP contribution is -2.28. The molecule has 0 N–H and O–H groups in total. The molecule has 1 atom stereocenters. The molecule has 1 saturated heterocycles. The smallest absolute Gasteiger partial charge is 0.219 e.